The zero-order valence-corrected chi connectivity index (χ0v) is 20.4. The molecule has 3 aromatic carbocycles. The summed E-state index contributed by atoms with van der Waals surface area (Å²) in [7, 11) is -7.76. The largest absolute Gasteiger partial charge is 0.280 e. The molecule has 10 heteroatoms. The SMILES string of the molecule is Cc1cc(S(=O)(=O)Nc2ccc3c(c2)CCCN3S(=O)(=O)c2ccc(F)cc2)c(C)cc1Cl. The van der Waals surface area contributed by atoms with Gasteiger partial charge in [0, 0.05) is 17.3 Å². The number of rotatable bonds is 5. The molecule has 0 radical (unpaired) electrons. The van der Waals surface area contributed by atoms with Gasteiger partial charge in [-0.15, -0.1) is 0 Å². The number of hydrogen-bond donors (Lipinski definition) is 1. The third-order valence-electron chi connectivity index (χ3n) is 5.56. The van der Waals surface area contributed by atoms with Crippen molar-refractivity contribution in [2.45, 2.75) is 36.5 Å². The summed E-state index contributed by atoms with van der Waals surface area (Å²) < 4.78 is 69.4. The first-order chi connectivity index (χ1) is 15.5. The van der Waals surface area contributed by atoms with Crippen molar-refractivity contribution in [3.8, 4) is 0 Å². The van der Waals surface area contributed by atoms with Gasteiger partial charge in [0.05, 0.1) is 15.5 Å². The van der Waals surface area contributed by atoms with Gasteiger partial charge >= 0.3 is 0 Å². The molecule has 1 N–H and O–H groups in total. The van der Waals surface area contributed by atoms with Crippen LogP contribution >= 0.6 is 11.6 Å². The van der Waals surface area contributed by atoms with Gasteiger partial charge in [-0.1, -0.05) is 11.6 Å². The lowest BCUT2D eigenvalue weighted by molar-refractivity contribution is 0.585. The lowest BCUT2D eigenvalue weighted by Gasteiger charge is -2.31. The van der Waals surface area contributed by atoms with Gasteiger partial charge in [-0.05, 0) is 98.0 Å². The van der Waals surface area contributed by atoms with E-state index in [1.807, 2.05) is 0 Å². The number of nitrogens with one attached hydrogen (secondary N) is 1. The van der Waals surface area contributed by atoms with Crippen LogP contribution in [0.5, 0.6) is 0 Å². The Morgan fingerprint density at radius 3 is 2.33 bits per heavy atom. The van der Waals surface area contributed by atoms with Gasteiger partial charge in [0.15, 0.2) is 0 Å². The molecule has 0 unspecified atom stereocenters. The first kappa shape index (κ1) is 23.5. The van der Waals surface area contributed by atoms with Gasteiger partial charge in [0.1, 0.15) is 5.82 Å². The molecule has 0 spiro atoms. The van der Waals surface area contributed by atoms with Crippen LogP contribution in [-0.4, -0.2) is 23.4 Å². The number of benzene rings is 3. The second kappa shape index (κ2) is 8.62. The highest BCUT2D eigenvalue weighted by Crippen LogP contribution is 2.34. The zero-order valence-electron chi connectivity index (χ0n) is 18.0. The van der Waals surface area contributed by atoms with E-state index in [9.17, 15) is 21.2 Å². The van der Waals surface area contributed by atoms with Gasteiger partial charge < -0.3 is 0 Å². The lowest BCUT2D eigenvalue weighted by Crippen LogP contribution is -2.35. The van der Waals surface area contributed by atoms with E-state index in [1.165, 1.54) is 28.6 Å². The Labute approximate surface area is 198 Å². The number of halogens is 2. The molecule has 6 nitrogen and oxygen atoms in total. The summed E-state index contributed by atoms with van der Waals surface area (Å²) in [5.41, 5.74) is 2.69. The van der Waals surface area contributed by atoms with E-state index in [0.29, 0.717) is 45.9 Å². The van der Waals surface area contributed by atoms with Crippen LogP contribution in [0.2, 0.25) is 5.02 Å². The van der Waals surface area contributed by atoms with Crippen molar-refractivity contribution < 1.29 is 21.2 Å². The minimum absolute atomic E-state index is 0.00453. The summed E-state index contributed by atoms with van der Waals surface area (Å²) in [5, 5.41) is 0.489. The van der Waals surface area contributed by atoms with Crippen LogP contribution in [0, 0.1) is 19.7 Å². The van der Waals surface area contributed by atoms with Gasteiger partial charge in [-0.25, -0.2) is 21.2 Å². The highest BCUT2D eigenvalue weighted by molar-refractivity contribution is 7.93. The van der Waals surface area contributed by atoms with E-state index in [0.717, 1.165) is 12.1 Å². The van der Waals surface area contributed by atoms with E-state index in [2.05, 4.69) is 4.72 Å². The van der Waals surface area contributed by atoms with Crippen LogP contribution in [-0.2, 0) is 26.5 Å². The third kappa shape index (κ3) is 4.58. The summed E-state index contributed by atoms with van der Waals surface area (Å²) in [6, 6.07) is 12.6. The van der Waals surface area contributed by atoms with Crippen molar-refractivity contribution in [3.05, 3.63) is 82.1 Å². The van der Waals surface area contributed by atoms with Crippen LogP contribution in [0.25, 0.3) is 0 Å². The number of anilines is 2. The van der Waals surface area contributed by atoms with Crippen molar-refractivity contribution >= 4 is 43.0 Å². The van der Waals surface area contributed by atoms with Gasteiger partial charge in [-0.2, -0.15) is 0 Å². The number of fused-ring (bicyclic) bond motifs is 1. The summed E-state index contributed by atoms with van der Waals surface area (Å²) in [4.78, 5) is 0.123. The Bertz CT molecular complexity index is 1440. The summed E-state index contributed by atoms with van der Waals surface area (Å²) >= 11 is 6.09. The number of sulfonamides is 2. The van der Waals surface area contributed by atoms with Gasteiger partial charge in [0.2, 0.25) is 0 Å². The predicted octanol–water partition coefficient (Wildman–Crippen LogP) is 5.04. The van der Waals surface area contributed by atoms with Gasteiger partial charge in [-0.3, -0.25) is 9.03 Å². The summed E-state index contributed by atoms with van der Waals surface area (Å²) in [6.07, 6.45) is 1.17. The molecule has 0 saturated heterocycles. The molecule has 33 heavy (non-hydrogen) atoms. The topological polar surface area (TPSA) is 83.6 Å². The number of aryl methyl sites for hydroxylation is 3. The van der Waals surface area contributed by atoms with Crippen LogP contribution in [0.1, 0.15) is 23.1 Å². The highest BCUT2D eigenvalue weighted by Gasteiger charge is 2.29. The van der Waals surface area contributed by atoms with Crippen LogP contribution in [0.15, 0.2) is 64.4 Å². The summed E-state index contributed by atoms with van der Waals surface area (Å²) in [6.45, 7) is 3.68. The van der Waals surface area contributed by atoms with Gasteiger partial charge in [0.25, 0.3) is 20.0 Å². The average molecular weight is 509 g/mol. The minimum atomic E-state index is -3.88. The van der Waals surface area contributed by atoms with Crippen molar-refractivity contribution in [1.82, 2.24) is 0 Å². The van der Waals surface area contributed by atoms with Crippen LogP contribution in [0.3, 0.4) is 0 Å². The molecular formula is C23H22ClFN2O4S2. The number of hydrogen-bond acceptors (Lipinski definition) is 4. The Morgan fingerprint density at radius 2 is 1.64 bits per heavy atom. The molecule has 1 aliphatic heterocycles. The second-order valence-corrected chi connectivity index (χ2v) is 11.9. The Kier molecular flexibility index (Phi) is 6.15. The molecule has 1 heterocycles. The highest BCUT2D eigenvalue weighted by atomic mass is 35.5. The smallest absolute Gasteiger partial charge is 0.264 e. The predicted molar refractivity (Wildman–Crippen MR) is 127 cm³/mol. The molecule has 0 saturated carbocycles. The molecule has 3 aromatic rings. The Morgan fingerprint density at radius 1 is 0.939 bits per heavy atom. The van der Waals surface area contributed by atoms with Crippen molar-refractivity contribution in [2.75, 3.05) is 15.6 Å². The van der Waals surface area contributed by atoms with Crippen LogP contribution in [0.4, 0.5) is 15.8 Å². The van der Waals surface area contributed by atoms with E-state index >= 15 is 0 Å². The number of nitrogens with zero attached hydrogens (tertiary/aromatic N) is 1. The monoisotopic (exact) mass is 508 g/mol. The molecule has 4 rings (SSSR count). The van der Waals surface area contributed by atoms with Crippen molar-refractivity contribution in [1.29, 1.82) is 0 Å². The first-order valence-corrected chi connectivity index (χ1v) is 13.5. The molecule has 0 fully saturated rings. The second-order valence-electron chi connectivity index (χ2n) is 7.95. The Hall–Kier alpha value is -2.62. The first-order valence-electron chi connectivity index (χ1n) is 10.2. The van der Waals surface area contributed by atoms with E-state index in [1.54, 1.807) is 32.0 Å². The maximum Gasteiger partial charge on any atom is 0.264 e. The van der Waals surface area contributed by atoms with E-state index in [-0.39, 0.29) is 16.3 Å². The lowest BCUT2D eigenvalue weighted by atomic mass is 10.0. The maximum atomic E-state index is 13.3. The molecule has 0 amide bonds. The third-order valence-corrected chi connectivity index (χ3v) is 9.31. The van der Waals surface area contributed by atoms with E-state index < -0.39 is 25.9 Å². The standard InChI is InChI=1S/C23H22ClFN2O4S2/c1-15-13-23(16(2)12-21(15)24)32(28,29)26-19-7-10-22-17(14-19)4-3-11-27(22)33(30,31)20-8-5-18(25)6-9-20/h5-10,12-14,26H,3-4,11H2,1-2H3. The molecule has 174 valence electrons. The average Bonchev–Trinajstić information content (AvgIpc) is 2.75. The van der Waals surface area contributed by atoms with Crippen LogP contribution < -0.4 is 9.03 Å². The fourth-order valence-electron chi connectivity index (χ4n) is 3.86. The fourth-order valence-corrected chi connectivity index (χ4v) is 6.98. The molecule has 0 bridgehead atoms. The van der Waals surface area contributed by atoms with Crippen molar-refractivity contribution in [2.24, 2.45) is 0 Å². The molecule has 0 atom stereocenters. The quantitative estimate of drug-likeness (QED) is 0.523. The van der Waals surface area contributed by atoms with E-state index in [4.69, 9.17) is 11.6 Å². The Balaban J connectivity index is 1.66. The normalized spacial score (nSPS) is 14.1. The molecular weight excluding hydrogens is 487 g/mol. The molecule has 0 aromatic heterocycles. The zero-order chi connectivity index (χ0) is 24.0. The maximum absolute atomic E-state index is 13.3. The van der Waals surface area contributed by atoms with Crippen molar-refractivity contribution in [3.63, 3.8) is 0 Å². The fraction of sp³-hybridized carbons (Fsp3) is 0.217. The molecule has 0 aliphatic carbocycles. The summed E-state index contributed by atoms with van der Waals surface area (Å²) in [5.74, 6) is -0.518. The minimum Gasteiger partial charge on any atom is -0.280 e. The molecule has 1 aliphatic rings.